The van der Waals surface area contributed by atoms with Gasteiger partial charge < -0.3 is 14.8 Å². The van der Waals surface area contributed by atoms with Crippen LogP contribution in [0.2, 0.25) is 0 Å². The van der Waals surface area contributed by atoms with E-state index in [0.29, 0.717) is 17.0 Å². The Morgan fingerprint density at radius 2 is 1.79 bits per heavy atom. The number of esters is 1. The lowest BCUT2D eigenvalue weighted by Gasteiger charge is -2.17. The van der Waals surface area contributed by atoms with Crippen LogP contribution in [0.1, 0.15) is 5.56 Å². The number of methoxy groups -OCH3 is 1. The van der Waals surface area contributed by atoms with Crippen molar-refractivity contribution >= 4 is 43.5 Å². The lowest BCUT2D eigenvalue weighted by Crippen LogP contribution is -2.35. The van der Waals surface area contributed by atoms with Crippen LogP contribution in [-0.2, 0) is 24.3 Å². The van der Waals surface area contributed by atoms with E-state index in [4.69, 9.17) is 4.74 Å². The molecule has 0 unspecified atom stereocenters. The summed E-state index contributed by atoms with van der Waals surface area (Å²) >= 11 is 3.25. The quantitative estimate of drug-likeness (QED) is 0.577. The molecule has 29 heavy (non-hydrogen) atoms. The van der Waals surface area contributed by atoms with Crippen molar-refractivity contribution in [2.75, 3.05) is 32.6 Å². The zero-order valence-corrected chi connectivity index (χ0v) is 18.5. The van der Waals surface area contributed by atoms with E-state index in [2.05, 4.69) is 26.0 Å². The number of halogens is 1. The van der Waals surface area contributed by atoms with Crippen LogP contribution in [0.25, 0.3) is 0 Å². The van der Waals surface area contributed by atoms with Crippen molar-refractivity contribution in [3.8, 4) is 5.75 Å². The standard InChI is InChI=1S/C19H21BrN2O6S/c1-13-10-15(28-12-19(24)27-3)6-9-17(13)21-18(23)11-22(2)29(25,26)16-7-4-14(20)5-8-16/h4-10H,11-12H2,1-3H3,(H,21,23). The van der Waals surface area contributed by atoms with Gasteiger partial charge in [0.25, 0.3) is 0 Å². The fraction of sp³-hybridized carbons (Fsp3) is 0.263. The van der Waals surface area contributed by atoms with Gasteiger partial charge >= 0.3 is 5.97 Å². The number of carbonyl (C=O) groups excluding carboxylic acids is 2. The van der Waals surface area contributed by atoms with Crippen molar-refractivity contribution in [3.05, 3.63) is 52.5 Å². The molecule has 0 radical (unpaired) electrons. The number of benzene rings is 2. The lowest BCUT2D eigenvalue weighted by molar-refractivity contribution is -0.142. The summed E-state index contributed by atoms with van der Waals surface area (Å²) in [5.74, 6) is -0.546. The van der Waals surface area contributed by atoms with Crippen molar-refractivity contribution in [2.45, 2.75) is 11.8 Å². The van der Waals surface area contributed by atoms with Crippen LogP contribution in [0.4, 0.5) is 5.69 Å². The summed E-state index contributed by atoms with van der Waals surface area (Å²) in [6, 6.07) is 11.0. The smallest absolute Gasteiger partial charge is 0.343 e. The molecule has 0 saturated carbocycles. The van der Waals surface area contributed by atoms with Gasteiger partial charge in [-0.1, -0.05) is 15.9 Å². The van der Waals surface area contributed by atoms with E-state index < -0.39 is 21.9 Å². The minimum atomic E-state index is -3.79. The van der Waals surface area contributed by atoms with Crippen molar-refractivity contribution in [2.24, 2.45) is 0 Å². The van der Waals surface area contributed by atoms with Crippen LogP contribution in [0, 0.1) is 6.92 Å². The Hall–Kier alpha value is -2.43. The van der Waals surface area contributed by atoms with Gasteiger partial charge in [0, 0.05) is 17.2 Å². The second kappa shape index (κ2) is 9.86. The summed E-state index contributed by atoms with van der Waals surface area (Å²) in [6.07, 6.45) is 0. The first kappa shape index (κ1) is 22.9. The normalized spacial score (nSPS) is 11.2. The summed E-state index contributed by atoms with van der Waals surface area (Å²) in [5.41, 5.74) is 1.20. The molecule has 10 heteroatoms. The van der Waals surface area contributed by atoms with Crippen LogP contribution in [-0.4, -0.2) is 51.9 Å². The molecule has 8 nitrogen and oxygen atoms in total. The fourth-order valence-corrected chi connectivity index (χ4v) is 3.72. The molecule has 1 N–H and O–H groups in total. The Morgan fingerprint density at radius 1 is 1.14 bits per heavy atom. The Kier molecular flexibility index (Phi) is 7.77. The highest BCUT2D eigenvalue weighted by molar-refractivity contribution is 9.10. The van der Waals surface area contributed by atoms with Crippen molar-refractivity contribution < 1.29 is 27.5 Å². The predicted molar refractivity (Wildman–Crippen MR) is 111 cm³/mol. The van der Waals surface area contributed by atoms with Gasteiger partial charge in [0.15, 0.2) is 6.61 Å². The summed E-state index contributed by atoms with van der Waals surface area (Å²) in [7, 11) is -1.18. The molecule has 0 spiro atoms. The number of rotatable bonds is 8. The zero-order chi connectivity index (χ0) is 21.6. The molecule has 0 bridgehead atoms. The van der Waals surface area contributed by atoms with Crippen molar-refractivity contribution in [1.29, 1.82) is 0 Å². The van der Waals surface area contributed by atoms with Gasteiger partial charge in [0.05, 0.1) is 18.6 Å². The highest BCUT2D eigenvalue weighted by Crippen LogP contribution is 2.22. The van der Waals surface area contributed by atoms with E-state index in [1.165, 1.54) is 26.3 Å². The monoisotopic (exact) mass is 484 g/mol. The number of hydrogen-bond donors (Lipinski definition) is 1. The van der Waals surface area contributed by atoms with Gasteiger partial charge in [-0.3, -0.25) is 4.79 Å². The van der Waals surface area contributed by atoms with Crippen LogP contribution in [0.3, 0.4) is 0 Å². The molecule has 0 aromatic heterocycles. The molecule has 0 fully saturated rings. The first-order valence-electron chi connectivity index (χ1n) is 8.45. The Bertz CT molecular complexity index is 992. The highest BCUT2D eigenvalue weighted by Gasteiger charge is 2.23. The van der Waals surface area contributed by atoms with E-state index in [1.54, 1.807) is 37.3 Å². The third-order valence-electron chi connectivity index (χ3n) is 3.94. The largest absolute Gasteiger partial charge is 0.482 e. The number of ether oxygens (including phenoxy) is 2. The van der Waals surface area contributed by atoms with Crippen molar-refractivity contribution in [1.82, 2.24) is 4.31 Å². The molecule has 0 aliphatic heterocycles. The Morgan fingerprint density at radius 3 is 2.38 bits per heavy atom. The number of sulfonamides is 1. The van der Waals surface area contributed by atoms with Crippen molar-refractivity contribution in [3.63, 3.8) is 0 Å². The van der Waals surface area contributed by atoms with Gasteiger partial charge in [-0.2, -0.15) is 4.31 Å². The molecule has 2 aromatic rings. The molecule has 2 aromatic carbocycles. The molecule has 2 rings (SSSR count). The number of nitrogens with zero attached hydrogens (tertiary/aromatic N) is 1. The molecule has 156 valence electrons. The second-order valence-corrected chi connectivity index (χ2v) is 9.07. The van der Waals surface area contributed by atoms with E-state index in [9.17, 15) is 18.0 Å². The zero-order valence-electron chi connectivity index (χ0n) is 16.1. The van der Waals surface area contributed by atoms with E-state index in [1.807, 2.05) is 0 Å². The maximum Gasteiger partial charge on any atom is 0.343 e. The minimum Gasteiger partial charge on any atom is -0.482 e. The highest BCUT2D eigenvalue weighted by atomic mass is 79.9. The van der Waals surface area contributed by atoms with Crippen LogP contribution < -0.4 is 10.1 Å². The van der Waals surface area contributed by atoms with E-state index in [-0.39, 0.29) is 18.0 Å². The first-order valence-corrected chi connectivity index (χ1v) is 10.7. The number of aryl methyl sites for hydroxylation is 1. The van der Waals surface area contributed by atoms with Gasteiger partial charge in [-0.15, -0.1) is 0 Å². The van der Waals surface area contributed by atoms with Gasteiger partial charge in [-0.05, 0) is 55.0 Å². The second-order valence-electron chi connectivity index (χ2n) is 6.10. The molecule has 0 heterocycles. The molecule has 0 saturated heterocycles. The average molecular weight is 485 g/mol. The third kappa shape index (κ3) is 6.28. The maximum atomic E-state index is 12.6. The van der Waals surface area contributed by atoms with Crippen LogP contribution in [0.15, 0.2) is 51.8 Å². The molecular formula is C19H21BrN2O6S. The summed E-state index contributed by atoms with van der Waals surface area (Å²) in [4.78, 5) is 23.6. The minimum absolute atomic E-state index is 0.0966. The predicted octanol–water partition coefficient (Wildman–Crippen LogP) is 2.57. The Balaban J connectivity index is 2.01. The molecule has 0 atom stereocenters. The topological polar surface area (TPSA) is 102 Å². The number of nitrogens with one attached hydrogen (secondary N) is 1. The summed E-state index contributed by atoms with van der Waals surface area (Å²) in [5, 5.41) is 2.68. The van der Waals surface area contributed by atoms with Gasteiger partial charge in [0.2, 0.25) is 15.9 Å². The maximum absolute atomic E-state index is 12.6. The summed E-state index contributed by atoms with van der Waals surface area (Å²) in [6.45, 7) is 1.18. The number of carbonyl (C=O) groups is 2. The molecular weight excluding hydrogens is 464 g/mol. The lowest BCUT2D eigenvalue weighted by atomic mass is 10.2. The fourth-order valence-electron chi connectivity index (χ4n) is 2.33. The van der Waals surface area contributed by atoms with Gasteiger partial charge in [-0.25, -0.2) is 13.2 Å². The average Bonchev–Trinajstić information content (AvgIpc) is 2.68. The summed E-state index contributed by atoms with van der Waals surface area (Å²) < 4.78 is 36.7. The van der Waals surface area contributed by atoms with E-state index in [0.717, 1.165) is 8.78 Å². The molecule has 1 amide bonds. The van der Waals surface area contributed by atoms with Crippen LogP contribution >= 0.6 is 15.9 Å². The number of likely N-dealkylation sites (N-methyl/N-ethyl adjacent to an activating group) is 1. The Labute approximate surface area is 178 Å². The third-order valence-corrected chi connectivity index (χ3v) is 6.29. The van der Waals surface area contributed by atoms with E-state index >= 15 is 0 Å². The van der Waals surface area contributed by atoms with Gasteiger partial charge in [0.1, 0.15) is 5.75 Å². The van der Waals surface area contributed by atoms with Crippen LogP contribution in [0.5, 0.6) is 5.75 Å². The number of amides is 1. The SMILES string of the molecule is COC(=O)COc1ccc(NC(=O)CN(C)S(=O)(=O)c2ccc(Br)cc2)c(C)c1. The molecule has 0 aliphatic carbocycles. The molecule has 0 aliphatic rings. The first-order chi connectivity index (χ1) is 13.6. The number of anilines is 1. The number of hydrogen-bond acceptors (Lipinski definition) is 6.